The van der Waals surface area contributed by atoms with E-state index in [0.717, 1.165) is 38.5 Å². The van der Waals surface area contributed by atoms with Crippen LogP contribution in [0.15, 0.2) is 24.3 Å². The number of methoxy groups -OCH3 is 1. The van der Waals surface area contributed by atoms with Gasteiger partial charge in [-0.05, 0) is 49.1 Å². The van der Waals surface area contributed by atoms with Crippen molar-refractivity contribution in [1.82, 2.24) is 4.90 Å². The fourth-order valence-corrected chi connectivity index (χ4v) is 3.04. The lowest BCUT2D eigenvalue weighted by Gasteiger charge is -2.37. The SMILES string of the molecule is COc1ccc(N2CCN(CC3(CN)CC3)CC2)cc1. The topological polar surface area (TPSA) is 41.7 Å². The van der Waals surface area contributed by atoms with Gasteiger partial charge in [-0.1, -0.05) is 0 Å². The minimum absolute atomic E-state index is 0.461. The number of ether oxygens (including phenoxy) is 1. The van der Waals surface area contributed by atoms with Crippen LogP contribution >= 0.6 is 0 Å². The number of hydrogen-bond acceptors (Lipinski definition) is 4. The van der Waals surface area contributed by atoms with Crippen LogP contribution in [-0.4, -0.2) is 51.3 Å². The lowest BCUT2D eigenvalue weighted by Crippen LogP contribution is -2.48. The Morgan fingerprint density at radius 2 is 1.75 bits per heavy atom. The number of hydrogen-bond donors (Lipinski definition) is 1. The molecule has 2 aliphatic rings. The highest BCUT2D eigenvalue weighted by atomic mass is 16.5. The largest absolute Gasteiger partial charge is 0.497 e. The average molecular weight is 275 g/mol. The molecule has 0 amide bonds. The number of nitrogens with zero attached hydrogens (tertiary/aromatic N) is 2. The van der Waals surface area contributed by atoms with Gasteiger partial charge in [0.1, 0.15) is 5.75 Å². The van der Waals surface area contributed by atoms with Crippen molar-refractivity contribution in [2.45, 2.75) is 12.8 Å². The molecule has 1 aliphatic heterocycles. The molecule has 1 aromatic rings. The van der Waals surface area contributed by atoms with Crippen molar-refractivity contribution in [3.8, 4) is 5.75 Å². The van der Waals surface area contributed by atoms with E-state index in [9.17, 15) is 0 Å². The van der Waals surface area contributed by atoms with E-state index >= 15 is 0 Å². The van der Waals surface area contributed by atoms with Gasteiger partial charge < -0.3 is 15.4 Å². The summed E-state index contributed by atoms with van der Waals surface area (Å²) >= 11 is 0. The molecule has 0 spiro atoms. The van der Waals surface area contributed by atoms with Gasteiger partial charge in [-0.15, -0.1) is 0 Å². The van der Waals surface area contributed by atoms with Gasteiger partial charge in [-0.25, -0.2) is 0 Å². The second-order valence-corrected chi connectivity index (χ2v) is 6.17. The van der Waals surface area contributed by atoms with Crippen LogP contribution in [0, 0.1) is 5.41 Å². The fourth-order valence-electron chi connectivity index (χ4n) is 3.04. The summed E-state index contributed by atoms with van der Waals surface area (Å²) in [5.41, 5.74) is 7.64. The van der Waals surface area contributed by atoms with E-state index < -0.39 is 0 Å². The van der Waals surface area contributed by atoms with Gasteiger partial charge in [0.05, 0.1) is 7.11 Å². The monoisotopic (exact) mass is 275 g/mol. The van der Waals surface area contributed by atoms with E-state index in [2.05, 4.69) is 21.9 Å². The van der Waals surface area contributed by atoms with Crippen LogP contribution in [0.4, 0.5) is 5.69 Å². The maximum Gasteiger partial charge on any atom is 0.119 e. The maximum atomic E-state index is 5.88. The van der Waals surface area contributed by atoms with Crippen molar-refractivity contribution in [2.75, 3.05) is 51.3 Å². The summed E-state index contributed by atoms with van der Waals surface area (Å²) in [4.78, 5) is 5.04. The van der Waals surface area contributed by atoms with Gasteiger partial charge in [-0.2, -0.15) is 0 Å². The molecular formula is C16H25N3O. The first-order chi connectivity index (χ1) is 9.74. The zero-order valence-corrected chi connectivity index (χ0v) is 12.3. The first kappa shape index (κ1) is 13.7. The summed E-state index contributed by atoms with van der Waals surface area (Å²) in [5.74, 6) is 0.922. The van der Waals surface area contributed by atoms with E-state index in [0.29, 0.717) is 5.41 Å². The van der Waals surface area contributed by atoms with Gasteiger partial charge in [0.15, 0.2) is 0 Å². The second kappa shape index (κ2) is 5.62. The van der Waals surface area contributed by atoms with E-state index in [1.54, 1.807) is 7.11 Å². The summed E-state index contributed by atoms with van der Waals surface area (Å²) < 4.78 is 5.21. The van der Waals surface area contributed by atoms with Gasteiger partial charge in [0, 0.05) is 38.4 Å². The summed E-state index contributed by atoms with van der Waals surface area (Å²) in [5, 5.41) is 0. The molecule has 20 heavy (non-hydrogen) atoms. The van der Waals surface area contributed by atoms with Crippen molar-refractivity contribution in [3.05, 3.63) is 24.3 Å². The Kier molecular flexibility index (Phi) is 3.85. The average Bonchev–Trinajstić information content (AvgIpc) is 3.28. The van der Waals surface area contributed by atoms with Crippen LogP contribution in [-0.2, 0) is 0 Å². The molecule has 0 radical (unpaired) electrons. The lowest BCUT2D eigenvalue weighted by atomic mass is 10.1. The Labute approximate surface area is 121 Å². The number of piperazine rings is 1. The van der Waals surface area contributed by atoms with Gasteiger partial charge in [-0.3, -0.25) is 4.90 Å². The van der Waals surface area contributed by atoms with E-state index in [1.165, 1.54) is 25.1 Å². The van der Waals surface area contributed by atoms with Crippen LogP contribution in [0.25, 0.3) is 0 Å². The van der Waals surface area contributed by atoms with Gasteiger partial charge in [0.25, 0.3) is 0 Å². The number of rotatable bonds is 5. The van der Waals surface area contributed by atoms with Crippen LogP contribution < -0.4 is 15.4 Å². The predicted octanol–water partition coefficient (Wildman–Crippen LogP) is 1.56. The van der Waals surface area contributed by atoms with E-state index in [4.69, 9.17) is 10.5 Å². The maximum absolute atomic E-state index is 5.88. The third-order valence-electron chi connectivity index (χ3n) is 4.76. The van der Waals surface area contributed by atoms with Crippen LogP contribution in [0.1, 0.15) is 12.8 Å². The zero-order valence-electron chi connectivity index (χ0n) is 12.3. The molecule has 1 aliphatic carbocycles. The predicted molar refractivity (Wildman–Crippen MR) is 82.4 cm³/mol. The van der Waals surface area contributed by atoms with Crippen molar-refractivity contribution in [1.29, 1.82) is 0 Å². The summed E-state index contributed by atoms with van der Waals surface area (Å²) in [6.45, 7) is 6.55. The molecule has 0 unspecified atom stereocenters. The van der Waals surface area contributed by atoms with E-state index in [1.807, 2.05) is 12.1 Å². The smallest absolute Gasteiger partial charge is 0.119 e. The Bertz CT molecular complexity index is 434. The molecular weight excluding hydrogens is 250 g/mol. The molecule has 0 bridgehead atoms. The fraction of sp³-hybridized carbons (Fsp3) is 0.625. The Hall–Kier alpha value is -1.26. The third-order valence-corrected chi connectivity index (χ3v) is 4.76. The van der Waals surface area contributed by atoms with E-state index in [-0.39, 0.29) is 0 Å². The highest BCUT2D eigenvalue weighted by Crippen LogP contribution is 2.45. The summed E-state index contributed by atoms with van der Waals surface area (Å²) in [6, 6.07) is 8.37. The van der Waals surface area contributed by atoms with Crippen LogP contribution in [0.2, 0.25) is 0 Å². The molecule has 4 heteroatoms. The molecule has 1 aromatic carbocycles. The highest BCUT2D eigenvalue weighted by molar-refractivity contribution is 5.49. The molecule has 0 aromatic heterocycles. The molecule has 3 rings (SSSR count). The number of anilines is 1. The van der Waals surface area contributed by atoms with Gasteiger partial charge in [0.2, 0.25) is 0 Å². The number of benzene rings is 1. The molecule has 1 saturated heterocycles. The zero-order chi connectivity index (χ0) is 14.0. The highest BCUT2D eigenvalue weighted by Gasteiger charge is 2.42. The normalized spacial score (nSPS) is 21.8. The standard InChI is InChI=1S/C16H25N3O/c1-20-15-4-2-14(3-5-15)19-10-8-18(9-11-19)13-16(12-17)6-7-16/h2-5H,6-13,17H2,1H3. The minimum atomic E-state index is 0.461. The quantitative estimate of drug-likeness (QED) is 0.885. The van der Waals surface area contributed by atoms with Crippen molar-refractivity contribution in [2.24, 2.45) is 11.1 Å². The molecule has 2 N–H and O–H groups in total. The summed E-state index contributed by atoms with van der Waals surface area (Å²) in [7, 11) is 1.71. The van der Waals surface area contributed by atoms with Crippen LogP contribution in [0.5, 0.6) is 5.75 Å². The van der Waals surface area contributed by atoms with Crippen molar-refractivity contribution >= 4 is 5.69 Å². The Morgan fingerprint density at radius 3 is 2.25 bits per heavy atom. The minimum Gasteiger partial charge on any atom is -0.497 e. The summed E-state index contributed by atoms with van der Waals surface area (Å²) in [6.07, 6.45) is 2.64. The Balaban J connectivity index is 1.52. The third kappa shape index (κ3) is 2.91. The lowest BCUT2D eigenvalue weighted by molar-refractivity contribution is 0.211. The molecule has 1 heterocycles. The molecule has 1 saturated carbocycles. The Morgan fingerprint density at radius 1 is 1.10 bits per heavy atom. The van der Waals surface area contributed by atoms with Crippen molar-refractivity contribution in [3.63, 3.8) is 0 Å². The molecule has 2 fully saturated rings. The second-order valence-electron chi connectivity index (χ2n) is 6.17. The molecule has 0 atom stereocenters. The van der Waals surface area contributed by atoms with Gasteiger partial charge >= 0.3 is 0 Å². The first-order valence-electron chi connectivity index (χ1n) is 7.56. The number of nitrogens with two attached hydrogens (primary N) is 1. The van der Waals surface area contributed by atoms with Crippen LogP contribution in [0.3, 0.4) is 0 Å². The van der Waals surface area contributed by atoms with Crippen molar-refractivity contribution < 1.29 is 4.74 Å². The first-order valence-corrected chi connectivity index (χ1v) is 7.56. The molecule has 110 valence electrons. The molecule has 4 nitrogen and oxygen atoms in total.